The number of nitrogens with one attached hydrogen (secondary N) is 1. The fourth-order valence-electron chi connectivity index (χ4n) is 3.47. The zero-order valence-electron chi connectivity index (χ0n) is 18.1. The Balaban J connectivity index is 1.85. The van der Waals surface area contributed by atoms with Crippen molar-refractivity contribution in [3.8, 4) is 0 Å². The molecule has 0 aliphatic carbocycles. The van der Waals surface area contributed by atoms with Crippen LogP contribution in [0.2, 0.25) is 0 Å². The monoisotopic (exact) mass is 429 g/mol. The molecule has 2 aromatic rings. The average Bonchev–Trinajstić information content (AvgIpc) is 3.11. The molecule has 1 aliphatic heterocycles. The van der Waals surface area contributed by atoms with Gasteiger partial charge in [0.25, 0.3) is 5.91 Å². The van der Waals surface area contributed by atoms with E-state index in [1.54, 1.807) is 24.0 Å². The molecule has 1 atom stereocenters. The number of rotatable bonds is 5. The number of anilines is 1. The summed E-state index contributed by atoms with van der Waals surface area (Å²) in [5, 5.41) is 15.7. The second kappa shape index (κ2) is 8.79. The lowest BCUT2D eigenvalue weighted by Gasteiger charge is -2.32. The molecule has 3 rings (SSSR count). The van der Waals surface area contributed by atoms with Crippen LogP contribution in [0.15, 0.2) is 28.8 Å². The molecular formula is C22H27N3O6. The lowest BCUT2D eigenvalue weighted by Crippen LogP contribution is -2.40. The number of hydrogen-bond acceptors (Lipinski definition) is 6. The molecule has 0 radical (unpaired) electrons. The van der Waals surface area contributed by atoms with Crippen LogP contribution in [0.3, 0.4) is 0 Å². The van der Waals surface area contributed by atoms with Crippen LogP contribution in [-0.4, -0.2) is 40.4 Å². The van der Waals surface area contributed by atoms with Gasteiger partial charge in [-0.25, -0.2) is 4.79 Å². The van der Waals surface area contributed by atoms with Crippen molar-refractivity contribution < 1.29 is 28.8 Å². The fourth-order valence-corrected chi connectivity index (χ4v) is 3.47. The predicted molar refractivity (Wildman–Crippen MR) is 112 cm³/mol. The summed E-state index contributed by atoms with van der Waals surface area (Å²) in [7, 11) is 0. The molecule has 31 heavy (non-hydrogen) atoms. The molecule has 166 valence electrons. The highest BCUT2D eigenvalue weighted by molar-refractivity contribution is 5.93. The molecule has 0 unspecified atom stereocenters. The first kappa shape index (κ1) is 22.3. The zero-order valence-corrected chi connectivity index (χ0v) is 18.1. The summed E-state index contributed by atoms with van der Waals surface area (Å²) < 4.78 is 10.4. The van der Waals surface area contributed by atoms with Crippen LogP contribution in [0.25, 0.3) is 0 Å². The maximum Gasteiger partial charge on any atom is 0.414 e. The first-order chi connectivity index (χ1) is 14.5. The van der Waals surface area contributed by atoms with Crippen molar-refractivity contribution in [2.45, 2.75) is 58.6 Å². The summed E-state index contributed by atoms with van der Waals surface area (Å²) in [5.74, 6) is -1.08. The number of aryl methyl sites for hydroxylation is 2. The van der Waals surface area contributed by atoms with Gasteiger partial charge in [-0.05, 0) is 57.7 Å². The van der Waals surface area contributed by atoms with E-state index in [4.69, 9.17) is 9.26 Å². The summed E-state index contributed by atoms with van der Waals surface area (Å²) >= 11 is 0. The van der Waals surface area contributed by atoms with Gasteiger partial charge in [-0.3, -0.25) is 14.5 Å². The van der Waals surface area contributed by atoms with E-state index in [0.717, 1.165) is 24.1 Å². The molecule has 1 aromatic heterocycles. The molecule has 0 spiro atoms. The SMILES string of the molecule is Cc1cc(C(=O)N[C@H](CC(=O)O)c2ccc3c(c2)CCCN3C(=O)OC(C)(C)C)no1. The topological polar surface area (TPSA) is 122 Å². The van der Waals surface area contributed by atoms with E-state index in [2.05, 4.69) is 10.5 Å². The Labute approximate surface area is 180 Å². The molecule has 9 heteroatoms. The minimum Gasteiger partial charge on any atom is -0.481 e. The van der Waals surface area contributed by atoms with Crippen molar-refractivity contribution in [2.75, 3.05) is 11.4 Å². The molecule has 1 aromatic carbocycles. The van der Waals surface area contributed by atoms with Crippen LogP contribution in [0, 0.1) is 6.92 Å². The van der Waals surface area contributed by atoms with E-state index in [0.29, 0.717) is 17.9 Å². The normalized spacial score (nSPS) is 14.5. The number of ether oxygens (including phenoxy) is 1. The Morgan fingerprint density at radius 1 is 1.29 bits per heavy atom. The number of carboxylic acid groups (broad SMARTS) is 1. The third-order valence-electron chi connectivity index (χ3n) is 4.78. The maximum absolute atomic E-state index is 12.6. The van der Waals surface area contributed by atoms with E-state index < -0.39 is 29.6 Å². The van der Waals surface area contributed by atoms with Crippen molar-refractivity contribution in [1.82, 2.24) is 10.5 Å². The van der Waals surface area contributed by atoms with Crippen molar-refractivity contribution in [3.63, 3.8) is 0 Å². The third-order valence-corrected chi connectivity index (χ3v) is 4.78. The maximum atomic E-state index is 12.6. The van der Waals surface area contributed by atoms with Crippen LogP contribution in [-0.2, 0) is 16.0 Å². The van der Waals surface area contributed by atoms with Crippen LogP contribution >= 0.6 is 0 Å². The van der Waals surface area contributed by atoms with Crippen molar-refractivity contribution in [2.24, 2.45) is 0 Å². The van der Waals surface area contributed by atoms with E-state index in [1.165, 1.54) is 6.07 Å². The molecule has 2 N–H and O–H groups in total. The van der Waals surface area contributed by atoms with E-state index in [9.17, 15) is 19.5 Å². The van der Waals surface area contributed by atoms with Crippen molar-refractivity contribution >= 4 is 23.7 Å². The number of hydrogen-bond donors (Lipinski definition) is 2. The highest BCUT2D eigenvalue weighted by Crippen LogP contribution is 2.32. The quantitative estimate of drug-likeness (QED) is 0.744. The van der Waals surface area contributed by atoms with Crippen LogP contribution < -0.4 is 10.2 Å². The van der Waals surface area contributed by atoms with E-state index in [-0.39, 0.29) is 12.1 Å². The number of carbonyl (C=O) groups excluding carboxylic acids is 2. The van der Waals surface area contributed by atoms with E-state index >= 15 is 0 Å². The second-order valence-electron chi connectivity index (χ2n) is 8.57. The number of benzene rings is 1. The fraction of sp³-hybridized carbons (Fsp3) is 0.455. The first-order valence-electron chi connectivity index (χ1n) is 10.1. The lowest BCUT2D eigenvalue weighted by molar-refractivity contribution is -0.137. The van der Waals surface area contributed by atoms with Gasteiger partial charge >= 0.3 is 12.1 Å². The Hall–Kier alpha value is -3.36. The molecule has 0 saturated heterocycles. The number of nitrogens with zero attached hydrogens (tertiary/aromatic N) is 2. The Bertz CT molecular complexity index is 991. The largest absolute Gasteiger partial charge is 0.481 e. The number of fused-ring (bicyclic) bond motifs is 1. The summed E-state index contributed by atoms with van der Waals surface area (Å²) in [5.41, 5.74) is 1.75. The number of aliphatic carboxylic acids is 1. The summed E-state index contributed by atoms with van der Waals surface area (Å²) in [4.78, 5) is 38.1. The van der Waals surface area contributed by atoms with Crippen LogP contribution in [0.5, 0.6) is 0 Å². The summed E-state index contributed by atoms with van der Waals surface area (Å²) in [6, 6.07) is 6.06. The van der Waals surface area contributed by atoms with Gasteiger partial charge in [-0.1, -0.05) is 17.3 Å². The molecule has 0 fully saturated rings. The smallest absolute Gasteiger partial charge is 0.414 e. The van der Waals surface area contributed by atoms with Gasteiger partial charge < -0.3 is 19.7 Å². The van der Waals surface area contributed by atoms with E-state index in [1.807, 2.05) is 26.8 Å². The Morgan fingerprint density at radius 3 is 2.65 bits per heavy atom. The predicted octanol–water partition coefficient (Wildman–Crippen LogP) is 3.62. The van der Waals surface area contributed by atoms with Gasteiger partial charge in [-0.2, -0.15) is 0 Å². The number of carbonyl (C=O) groups is 3. The van der Waals surface area contributed by atoms with Crippen molar-refractivity contribution in [1.29, 1.82) is 0 Å². The van der Waals surface area contributed by atoms with Crippen LogP contribution in [0.1, 0.15) is 67.0 Å². The van der Waals surface area contributed by atoms with Gasteiger partial charge in [-0.15, -0.1) is 0 Å². The molecule has 0 bridgehead atoms. The van der Waals surface area contributed by atoms with Crippen LogP contribution in [0.4, 0.5) is 10.5 Å². The number of aromatic nitrogens is 1. The van der Waals surface area contributed by atoms with Gasteiger partial charge in [0.05, 0.1) is 18.2 Å². The summed E-state index contributed by atoms with van der Waals surface area (Å²) in [6.45, 7) is 7.65. The standard InChI is InChI=1S/C22H27N3O6/c1-13-10-17(24-31-13)20(28)23-16(12-19(26)27)14-7-8-18-15(11-14)6-5-9-25(18)21(29)30-22(2,3)4/h7-8,10-11,16H,5-6,9,12H2,1-4H3,(H,23,28)(H,26,27)/t16-/m1/s1. The molecule has 2 amide bonds. The molecule has 1 aliphatic rings. The minimum absolute atomic E-state index is 0.0851. The molecule has 2 heterocycles. The summed E-state index contributed by atoms with van der Waals surface area (Å²) in [6.07, 6.45) is 0.776. The third kappa shape index (κ3) is 5.62. The average molecular weight is 429 g/mol. The van der Waals surface area contributed by atoms with Gasteiger partial charge in [0.15, 0.2) is 5.69 Å². The molecule has 9 nitrogen and oxygen atoms in total. The Kier molecular flexibility index (Phi) is 6.33. The highest BCUT2D eigenvalue weighted by Gasteiger charge is 2.28. The van der Waals surface area contributed by atoms with Gasteiger partial charge in [0.1, 0.15) is 11.4 Å². The zero-order chi connectivity index (χ0) is 22.8. The highest BCUT2D eigenvalue weighted by atomic mass is 16.6. The van der Waals surface area contributed by atoms with Gasteiger partial charge in [0, 0.05) is 12.6 Å². The van der Waals surface area contributed by atoms with Gasteiger partial charge in [0.2, 0.25) is 0 Å². The minimum atomic E-state index is -1.05. The van der Waals surface area contributed by atoms with Crippen molar-refractivity contribution in [3.05, 3.63) is 46.8 Å². The molecule has 0 saturated carbocycles. The number of amides is 2. The first-order valence-corrected chi connectivity index (χ1v) is 10.1. The lowest BCUT2D eigenvalue weighted by atomic mass is 9.95. The Morgan fingerprint density at radius 2 is 2.03 bits per heavy atom. The number of carboxylic acids is 1. The second-order valence-corrected chi connectivity index (χ2v) is 8.57. The molecular weight excluding hydrogens is 402 g/mol.